The molecule has 1 heterocycles. The van der Waals surface area contributed by atoms with Gasteiger partial charge in [-0.25, -0.2) is 0 Å². The van der Waals surface area contributed by atoms with Gasteiger partial charge in [-0.3, -0.25) is 14.5 Å². The van der Waals surface area contributed by atoms with Gasteiger partial charge >= 0.3 is 0 Å². The van der Waals surface area contributed by atoms with Crippen LogP contribution in [0.1, 0.15) is 192 Å². The molecule has 0 aromatic heterocycles. The summed E-state index contributed by atoms with van der Waals surface area (Å²) in [5.41, 5.74) is -2.43. The molecule has 5 N–H and O–H groups in total. The molecule has 2 aromatic rings. The van der Waals surface area contributed by atoms with Crippen LogP contribution in [0.25, 0.3) is 0 Å². The number of fused-ring (bicyclic) bond motifs is 3. The first kappa shape index (κ1) is 46.0. The molecular weight excluding hydrogens is 739 g/mol. The van der Waals surface area contributed by atoms with E-state index in [4.69, 9.17) is 14.2 Å². The third kappa shape index (κ3) is 10.4. The first-order chi connectivity index (χ1) is 27.9. The van der Waals surface area contributed by atoms with E-state index in [0.717, 1.165) is 38.8 Å². The average molecular weight is 810 g/mol. The highest BCUT2D eigenvalue weighted by molar-refractivity contribution is 6.31. The van der Waals surface area contributed by atoms with Crippen LogP contribution in [0.5, 0.6) is 17.2 Å². The number of carbonyl (C=O) groups excluding carboxylic acids is 2. The maximum Gasteiger partial charge on any atom is 0.202 e. The van der Waals surface area contributed by atoms with Crippen molar-refractivity contribution in [2.75, 3.05) is 20.2 Å². The van der Waals surface area contributed by atoms with E-state index < -0.39 is 59.4 Å². The fourth-order valence-corrected chi connectivity index (χ4v) is 9.38. The van der Waals surface area contributed by atoms with Gasteiger partial charge in [-0.15, -0.1) is 0 Å². The second-order valence-electron chi connectivity index (χ2n) is 17.2. The van der Waals surface area contributed by atoms with Gasteiger partial charge in [0.05, 0.1) is 53.8 Å². The number of benzene rings is 2. The molecule has 2 aliphatic carbocycles. The summed E-state index contributed by atoms with van der Waals surface area (Å²) in [7, 11) is 1.38. The maximum atomic E-state index is 14.1. The lowest BCUT2D eigenvalue weighted by Crippen LogP contribution is -2.56. The predicted molar refractivity (Wildman–Crippen MR) is 224 cm³/mol. The maximum absolute atomic E-state index is 14.1. The van der Waals surface area contributed by atoms with E-state index in [-0.39, 0.29) is 58.0 Å². The fourth-order valence-electron chi connectivity index (χ4n) is 9.38. The van der Waals surface area contributed by atoms with E-state index in [9.17, 15) is 35.1 Å². The van der Waals surface area contributed by atoms with Gasteiger partial charge in [0.15, 0.2) is 12.1 Å². The molecule has 1 aliphatic heterocycles. The number of phenols is 2. The van der Waals surface area contributed by atoms with Crippen LogP contribution in [-0.4, -0.2) is 98.4 Å². The number of nitrogens with zero attached hydrogens (tertiary/aromatic N) is 1. The van der Waals surface area contributed by atoms with Crippen molar-refractivity contribution in [2.45, 2.75) is 192 Å². The van der Waals surface area contributed by atoms with Crippen LogP contribution in [-0.2, 0) is 15.9 Å². The van der Waals surface area contributed by atoms with E-state index >= 15 is 0 Å². The number of unbranched alkanes of at least 4 members (excludes halogenated alkanes) is 14. The van der Waals surface area contributed by atoms with Crippen molar-refractivity contribution in [1.82, 2.24) is 4.90 Å². The zero-order chi connectivity index (χ0) is 42.0. The zero-order valence-electron chi connectivity index (χ0n) is 35.8. The Morgan fingerprint density at radius 2 is 1.38 bits per heavy atom. The number of aliphatic hydroxyl groups is 3. The fraction of sp³-hybridized carbons (Fsp3) is 0.702. The van der Waals surface area contributed by atoms with Gasteiger partial charge in [0.25, 0.3) is 0 Å². The van der Waals surface area contributed by atoms with E-state index in [2.05, 4.69) is 18.7 Å². The van der Waals surface area contributed by atoms with Crippen molar-refractivity contribution < 1.29 is 49.3 Å². The third-order valence-corrected chi connectivity index (χ3v) is 12.9. The number of hydrogen-bond donors (Lipinski definition) is 5. The topological polar surface area (TPSA) is 166 Å². The lowest BCUT2D eigenvalue weighted by molar-refractivity contribution is -0.261. The van der Waals surface area contributed by atoms with Crippen LogP contribution in [0.15, 0.2) is 18.2 Å². The monoisotopic (exact) mass is 810 g/mol. The minimum Gasteiger partial charge on any atom is -0.507 e. The molecule has 3 aliphatic rings. The first-order valence-electron chi connectivity index (χ1n) is 22.4. The summed E-state index contributed by atoms with van der Waals surface area (Å²) in [6, 6.07) is 4.31. The lowest BCUT2D eigenvalue weighted by atomic mass is 9.71. The molecule has 1 fully saturated rings. The molecule has 0 spiro atoms. The second-order valence-corrected chi connectivity index (χ2v) is 17.2. The van der Waals surface area contributed by atoms with Crippen LogP contribution in [0.2, 0.25) is 0 Å². The van der Waals surface area contributed by atoms with Crippen molar-refractivity contribution in [3.8, 4) is 17.2 Å². The van der Waals surface area contributed by atoms with Crippen LogP contribution >= 0.6 is 0 Å². The Bertz CT molecular complexity index is 1660. The lowest BCUT2D eigenvalue weighted by Gasteiger charge is -2.46. The standard InChI is InChI=1S/C47H71NO10/c1-6-8-10-12-14-16-18-20-25-48(26-21-19-17-15-13-11-9-7-2)34-27-37(57-30(3)42(34)50)58-36-29-47(55,31(4)49)28-33-39(36)46(54)41-40(44(33)52)43(51)32-23-22-24-35(56-5)38(32)45(41)53/h22-24,30-31,34,36-37,42,49-50,52,54-55H,6-21,25-29H2,1-5H3. The molecule has 324 valence electrons. The molecule has 0 amide bonds. The molecule has 11 nitrogen and oxygen atoms in total. The molecule has 0 saturated carbocycles. The Balaban J connectivity index is 1.40. The van der Waals surface area contributed by atoms with E-state index in [1.54, 1.807) is 12.1 Å². The quantitative estimate of drug-likeness (QED) is 0.0461. The Labute approximate surface area is 346 Å². The van der Waals surface area contributed by atoms with Gasteiger partial charge in [0, 0.05) is 42.0 Å². The summed E-state index contributed by atoms with van der Waals surface area (Å²) in [4.78, 5) is 30.4. The van der Waals surface area contributed by atoms with Crippen molar-refractivity contribution in [2.24, 2.45) is 0 Å². The molecule has 2 aromatic carbocycles. The zero-order valence-corrected chi connectivity index (χ0v) is 35.8. The Morgan fingerprint density at radius 1 is 0.828 bits per heavy atom. The molecule has 5 rings (SSSR count). The molecule has 0 bridgehead atoms. The number of aliphatic hydroxyl groups excluding tert-OH is 2. The van der Waals surface area contributed by atoms with Crippen molar-refractivity contribution in [3.63, 3.8) is 0 Å². The highest BCUT2D eigenvalue weighted by Crippen LogP contribution is 2.53. The van der Waals surface area contributed by atoms with Gasteiger partial charge in [-0.1, -0.05) is 116 Å². The molecule has 0 radical (unpaired) electrons. The summed E-state index contributed by atoms with van der Waals surface area (Å²) in [5.74, 6) is -2.27. The largest absolute Gasteiger partial charge is 0.507 e. The van der Waals surface area contributed by atoms with E-state index in [1.165, 1.54) is 97.1 Å². The first-order valence-corrected chi connectivity index (χ1v) is 22.4. The Morgan fingerprint density at radius 3 is 1.93 bits per heavy atom. The van der Waals surface area contributed by atoms with Crippen LogP contribution in [0, 0.1) is 0 Å². The van der Waals surface area contributed by atoms with Crippen LogP contribution < -0.4 is 4.74 Å². The number of aromatic hydroxyl groups is 2. The average Bonchev–Trinajstić information content (AvgIpc) is 3.20. The number of carbonyl (C=O) groups is 2. The summed E-state index contributed by atoms with van der Waals surface area (Å²) in [6.07, 6.45) is 14.4. The van der Waals surface area contributed by atoms with Crippen molar-refractivity contribution in [3.05, 3.63) is 51.6 Å². The van der Waals surface area contributed by atoms with E-state index in [1.807, 2.05) is 6.92 Å². The second kappa shape index (κ2) is 21.5. The summed E-state index contributed by atoms with van der Waals surface area (Å²) < 4.78 is 18.4. The minimum absolute atomic E-state index is 0.0136. The predicted octanol–water partition coefficient (Wildman–Crippen LogP) is 8.45. The number of phenolic OH excluding ortho intramolecular Hbond substituents is 2. The molecule has 7 unspecified atom stereocenters. The number of ketones is 2. The van der Waals surface area contributed by atoms with Gasteiger partial charge in [0.2, 0.25) is 5.78 Å². The van der Waals surface area contributed by atoms with Gasteiger partial charge in [-0.2, -0.15) is 0 Å². The molecule has 1 saturated heterocycles. The van der Waals surface area contributed by atoms with Crippen molar-refractivity contribution in [1.29, 1.82) is 0 Å². The highest BCUT2D eigenvalue weighted by Gasteiger charge is 2.50. The molecular formula is C47H71NO10. The highest BCUT2D eigenvalue weighted by atomic mass is 16.7. The number of ether oxygens (including phenoxy) is 3. The van der Waals surface area contributed by atoms with Gasteiger partial charge in [0.1, 0.15) is 17.2 Å². The summed E-state index contributed by atoms with van der Waals surface area (Å²) in [5, 5.41) is 58.1. The smallest absolute Gasteiger partial charge is 0.202 e. The molecule has 58 heavy (non-hydrogen) atoms. The third-order valence-electron chi connectivity index (χ3n) is 12.9. The molecule has 11 heteroatoms. The molecule has 7 atom stereocenters. The number of rotatable bonds is 23. The van der Waals surface area contributed by atoms with E-state index in [0.29, 0.717) is 6.42 Å². The summed E-state index contributed by atoms with van der Waals surface area (Å²) >= 11 is 0. The van der Waals surface area contributed by atoms with Crippen LogP contribution in [0.3, 0.4) is 0 Å². The normalized spacial score (nSPS) is 24.7. The SMILES string of the molecule is CCCCCCCCCCN(CCCCCCCCCC)C1CC(OC2CC(O)(C(C)O)Cc3c(O)c4c(c(O)c32)C(=O)c2c(OC)cccc2C4=O)OC(C)C1O. The van der Waals surface area contributed by atoms with Crippen molar-refractivity contribution >= 4 is 11.6 Å². The van der Waals surface area contributed by atoms with Crippen LogP contribution in [0.4, 0.5) is 0 Å². The Kier molecular flexibility index (Phi) is 17.0. The summed E-state index contributed by atoms with van der Waals surface area (Å²) in [6.45, 7) is 9.39. The van der Waals surface area contributed by atoms with Gasteiger partial charge in [-0.05, 0) is 45.8 Å². The Hall–Kier alpha value is -3.06. The number of methoxy groups -OCH3 is 1. The minimum atomic E-state index is -1.81. The van der Waals surface area contributed by atoms with Gasteiger partial charge < -0.3 is 39.7 Å². The number of hydrogen-bond acceptors (Lipinski definition) is 11.